The van der Waals surface area contributed by atoms with Gasteiger partial charge < -0.3 is 28.8 Å². The predicted molar refractivity (Wildman–Crippen MR) is 218 cm³/mol. The topological polar surface area (TPSA) is 105 Å². The van der Waals surface area contributed by atoms with Crippen LogP contribution in [-0.4, -0.2) is 65.5 Å². The van der Waals surface area contributed by atoms with Gasteiger partial charge in [0, 0.05) is 22.3 Å². The van der Waals surface area contributed by atoms with Crippen LogP contribution in [0.15, 0.2) is 135 Å². The van der Waals surface area contributed by atoms with Crippen LogP contribution in [0.25, 0.3) is 0 Å². The molecule has 0 aliphatic heterocycles. The van der Waals surface area contributed by atoms with Gasteiger partial charge in [-0.3, -0.25) is 0 Å². The van der Waals surface area contributed by atoms with Crippen molar-refractivity contribution in [3.8, 4) is 11.5 Å². The third-order valence-electron chi connectivity index (χ3n) is 7.05. The third-order valence-corrected chi connectivity index (χ3v) is 8.03. The number of thiophene rings is 1. The van der Waals surface area contributed by atoms with Gasteiger partial charge in [0.25, 0.3) is 0 Å². The highest BCUT2D eigenvalue weighted by atomic mass is 35.5. The van der Waals surface area contributed by atoms with Gasteiger partial charge in [-0.1, -0.05) is 62.6 Å². The van der Waals surface area contributed by atoms with Gasteiger partial charge in [0.15, 0.2) is 0 Å². The average Bonchev–Trinajstić information content (AvgIpc) is 3.75. The van der Waals surface area contributed by atoms with E-state index in [0.717, 1.165) is 50.7 Å². The van der Waals surface area contributed by atoms with Crippen LogP contribution in [0.1, 0.15) is 48.6 Å². The minimum atomic E-state index is -0.265. The second-order valence-electron chi connectivity index (χ2n) is 10.7. The first kappa shape index (κ1) is 44.4. The molecule has 0 atom stereocenters. The van der Waals surface area contributed by atoms with E-state index in [1.807, 2.05) is 98.3 Å². The highest BCUT2D eigenvalue weighted by Crippen LogP contribution is 2.25. The summed E-state index contributed by atoms with van der Waals surface area (Å²) in [5, 5.41) is 20.0. The van der Waals surface area contributed by atoms with E-state index in [1.54, 1.807) is 56.9 Å². The molecule has 1 heterocycles. The van der Waals surface area contributed by atoms with E-state index in [9.17, 15) is 4.39 Å². The van der Waals surface area contributed by atoms with Gasteiger partial charge in [-0.15, -0.1) is 0 Å². The largest absolute Gasteiger partial charge is 0.497 e. The van der Waals surface area contributed by atoms with Gasteiger partial charge in [0.2, 0.25) is 0 Å². The van der Waals surface area contributed by atoms with Crippen molar-refractivity contribution in [3.05, 3.63) is 153 Å². The molecule has 0 fully saturated rings. The molecule has 0 amide bonds. The van der Waals surface area contributed by atoms with Crippen molar-refractivity contribution in [1.82, 2.24) is 0 Å². The number of hydrogen-bond acceptors (Lipinski definition) is 11. The van der Waals surface area contributed by atoms with Crippen LogP contribution in [0.2, 0.25) is 5.02 Å². The van der Waals surface area contributed by atoms with Crippen LogP contribution in [0, 0.1) is 5.82 Å². The zero-order valence-electron chi connectivity index (χ0n) is 31.9. The van der Waals surface area contributed by atoms with E-state index >= 15 is 0 Å². The maximum Gasteiger partial charge on any atom is 0.137 e. The number of ether oxygens (including phenoxy) is 2. The molecule has 13 heteroatoms. The first-order valence-electron chi connectivity index (χ1n) is 16.3. The Morgan fingerprint density at radius 1 is 0.537 bits per heavy atom. The van der Waals surface area contributed by atoms with Crippen molar-refractivity contribution in [2.24, 2.45) is 20.6 Å². The first-order chi connectivity index (χ1) is 26.1. The van der Waals surface area contributed by atoms with Crippen LogP contribution >= 0.6 is 22.9 Å². The van der Waals surface area contributed by atoms with Crippen molar-refractivity contribution in [1.29, 1.82) is 0 Å². The van der Waals surface area contributed by atoms with Crippen molar-refractivity contribution in [2.45, 2.75) is 20.8 Å². The predicted octanol–water partition coefficient (Wildman–Crippen LogP) is 10.1. The van der Waals surface area contributed by atoms with Crippen molar-refractivity contribution in [3.63, 3.8) is 0 Å². The first-order valence-corrected chi connectivity index (χ1v) is 17.6. The fourth-order valence-corrected chi connectivity index (χ4v) is 5.29. The summed E-state index contributed by atoms with van der Waals surface area (Å²) in [6.07, 6.45) is 0. The molecule has 0 unspecified atom stereocenters. The molecular weight excluding hydrogens is 731 g/mol. The molecule has 5 rings (SSSR count). The highest BCUT2D eigenvalue weighted by molar-refractivity contribution is 7.08. The maximum absolute atomic E-state index is 12.9. The molecule has 4 aromatic carbocycles. The van der Waals surface area contributed by atoms with Crippen LogP contribution in [0.5, 0.6) is 11.5 Å². The lowest BCUT2D eigenvalue weighted by molar-refractivity contribution is 0.213. The Morgan fingerprint density at radius 2 is 1.04 bits per heavy atom. The van der Waals surface area contributed by atoms with Crippen LogP contribution in [0.3, 0.4) is 0 Å². The zero-order chi connectivity index (χ0) is 39.7. The summed E-state index contributed by atoms with van der Waals surface area (Å²) < 4.78 is 22.9. The molecule has 10 nitrogen and oxygen atoms in total. The Labute approximate surface area is 326 Å². The molecule has 0 aliphatic rings. The number of halogens is 2. The second kappa shape index (κ2) is 25.3. The van der Waals surface area contributed by atoms with Gasteiger partial charge in [-0.2, -0.15) is 11.3 Å². The number of methoxy groups -OCH3 is 2. The number of hydrogen-bond donors (Lipinski definition) is 0. The molecule has 5 aromatic rings. The quantitative estimate of drug-likeness (QED) is 0.0977. The molecule has 54 heavy (non-hydrogen) atoms. The summed E-state index contributed by atoms with van der Waals surface area (Å²) in [4.78, 5) is 18.8. The number of benzene rings is 4. The molecule has 0 saturated heterocycles. The SMILES string of the molecule is CON=C(C)c1ccc(OC)c(Cl)c1.CON=C(C)c1ccc(OC)cc1.CON=C(C)c1ccsc1.CON=C(c1ccccc1)c1ccc(F)cc1. The van der Waals surface area contributed by atoms with Gasteiger partial charge >= 0.3 is 0 Å². The Kier molecular flexibility index (Phi) is 20.8. The van der Waals surface area contributed by atoms with Crippen molar-refractivity contribution < 1.29 is 33.2 Å². The van der Waals surface area contributed by atoms with Gasteiger partial charge in [0.05, 0.1) is 36.4 Å². The lowest BCUT2D eigenvalue weighted by Gasteiger charge is -2.05. The minimum absolute atomic E-state index is 0.265. The standard InChI is InChI=1S/C14H12FNO.C10H12ClNO2.C10H13NO2.C7H9NOS/c1-17-16-14(11-5-3-2-4-6-11)12-7-9-13(15)10-8-12;1-7(12-14-3)8-4-5-10(13-2)9(11)6-8;1-8(11-13-3)9-4-6-10(12-2)7-5-9;1-6(8-9-2)7-3-4-10-5-7/h2-10H,1H3;4-6H,1-3H3;4-7H,1-3H3;3-5H,1-2H3. The number of oxime groups is 4. The maximum atomic E-state index is 12.9. The summed E-state index contributed by atoms with van der Waals surface area (Å²) in [5.41, 5.74) is 8.06. The van der Waals surface area contributed by atoms with E-state index in [1.165, 1.54) is 33.5 Å². The monoisotopic (exact) mass is 776 g/mol. The van der Waals surface area contributed by atoms with Crippen molar-refractivity contribution in [2.75, 3.05) is 42.7 Å². The molecule has 1 aromatic heterocycles. The van der Waals surface area contributed by atoms with Gasteiger partial charge in [-0.05, 0) is 110 Å². The number of nitrogens with zero attached hydrogens (tertiary/aromatic N) is 4. The average molecular weight is 777 g/mol. The molecular formula is C41H46ClFN4O6S. The van der Waals surface area contributed by atoms with E-state index in [-0.39, 0.29) is 5.82 Å². The normalized spacial score (nSPS) is 11.3. The van der Waals surface area contributed by atoms with Gasteiger partial charge in [0.1, 0.15) is 51.5 Å². The zero-order valence-corrected chi connectivity index (χ0v) is 33.4. The van der Waals surface area contributed by atoms with Crippen LogP contribution in [-0.2, 0) is 19.4 Å². The molecule has 0 bridgehead atoms. The lowest BCUT2D eigenvalue weighted by atomic mass is 10.0. The summed E-state index contributed by atoms with van der Waals surface area (Å²) in [5.74, 6) is 1.23. The van der Waals surface area contributed by atoms with E-state index in [0.29, 0.717) is 16.5 Å². The molecule has 0 spiro atoms. The Hall–Kier alpha value is -5.72. The summed E-state index contributed by atoms with van der Waals surface area (Å²) >= 11 is 7.61. The van der Waals surface area contributed by atoms with Crippen LogP contribution in [0.4, 0.5) is 4.39 Å². The lowest BCUT2D eigenvalue weighted by Crippen LogP contribution is -2.03. The highest BCUT2D eigenvalue weighted by Gasteiger charge is 2.08. The van der Waals surface area contributed by atoms with Gasteiger partial charge in [-0.25, -0.2) is 4.39 Å². The van der Waals surface area contributed by atoms with E-state index in [2.05, 4.69) is 35.1 Å². The minimum Gasteiger partial charge on any atom is -0.497 e. The number of rotatable bonds is 11. The molecule has 0 radical (unpaired) electrons. The van der Waals surface area contributed by atoms with Crippen LogP contribution < -0.4 is 9.47 Å². The molecule has 0 saturated carbocycles. The summed E-state index contributed by atoms with van der Waals surface area (Å²) in [7, 11) is 9.31. The molecule has 0 aliphatic carbocycles. The summed E-state index contributed by atoms with van der Waals surface area (Å²) in [6, 6.07) is 31.0. The third kappa shape index (κ3) is 15.5. The smallest absolute Gasteiger partial charge is 0.137 e. The fourth-order valence-electron chi connectivity index (χ4n) is 4.33. The molecule has 0 N–H and O–H groups in total. The van der Waals surface area contributed by atoms with E-state index in [4.69, 9.17) is 25.9 Å². The Balaban J connectivity index is 0.000000253. The Morgan fingerprint density at radius 3 is 1.52 bits per heavy atom. The Bertz CT molecular complexity index is 1920. The van der Waals surface area contributed by atoms with Crippen molar-refractivity contribution >= 4 is 45.8 Å². The van der Waals surface area contributed by atoms with E-state index < -0.39 is 0 Å². The summed E-state index contributed by atoms with van der Waals surface area (Å²) in [6.45, 7) is 5.67. The second-order valence-corrected chi connectivity index (χ2v) is 11.9. The molecule has 286 valence electrons. The fraction of sp³-hybridized carbons (Fsp3) is 0.220.